The minimum Gasteiger partial charge on any atom is -0.337 e. The lowest BCUT2D eigenvalue weighted by Crippen LogP contribution is -2.30. The molecule has 28 heavy (non-hydrogen) atoms. The molecule has 1 aliphatic heterocycles. The van der Waals surface area contributed by atoms with Crippen LogP contribution in [-0.4, -0.2) is 35.4 Å². The van der Waals surface area contributed by atoms with Crippen molar-refractivity contribution in [3.63, 3.8) is 0 Å². The fourth-order valence-corrected chi connectivity index (χ4v) is 3.56. The second-order valence-corrected chi connectivity index (χ2v) is 6.71. The summed E-state index contributed by atoms with van der Waals surface area (Å²) in [5.41, 5.74) is 4.45. The van der Waals surface area contributed by atoms with Crippen LogP contribution in [0.4, 0.5) is 18.9 Å². The fourth-order valence-electron chi connectivity index (χ4n) is 3.56. The molecule has 2 aromatic carbocycles. The largest absolute Gasteiger partial charge is 0.416 e. The predicted molar refractivity (Wildman–Crippen MR) is 95.7 cm³/mol. The van der Waals surface area contributed by atoms with Crippen LogP contribution < -0.4 is 5.73 Å². The normalized spacial score (nSPS) is 19.6. The number of nitro groups is 1. The van der Waals surface area contributed by atoms with Crippen LogP contribution >= 0.6 is 0 Å². The van der Waals surface area contributed by atoms with E-state index >= 15 is 0 Å². The molecule has 2 N–H and O–H groups in total. The van der Waals surface area contributed by atoms with E-state index in [0.717, 1.165) is 11.6 Å². The van der Waals surface area contributed by atoms with Crippen LogP contribution in [-0.2, 0) is 6.18 Å². The molecule has 1 fully saturated rings. The standard InChI is InChI=1S/C19H18F3N3O3/c20-19(21,22)14-6-7-15(17(8-14)25(27)28)18(26)24-10-13(9-23)16(11-24)12-4-2-1-3-5-12/h1-8,13,16H,9-11,23H2/t13-,16+/m1/s1. The van der Waals surface area contributed by atoms with E-state index in [9.17, 15) is 28.1 Å². The zero-order valence-corrected chi connectivity index (χ0v) is 14.7. The van der Waals surface area contributed by atoms with Gasteiger partial charge in [-0.1, -0.05) is 30.3 Å². The Morgan fingerprint density at radius 2 is 1.86 bits per heavy atom. The van der Waals surface area contributed by atoms with Crippen molar-refractivity contribution < 1.29 is 22.9 Å². The molecule has 0 saturated carbocycles. The third kappa shape index (κ3) is 3.84. The Hall–Kier alpha value is -2.94. The number of nitrogens with two attached hydrogens (primary N) is 1. The first-order valence-corrected chi connectivity index (χ1v) is 8.62. The Labute approximate surface area is 158 Å². The van der Waals surface area contributed by atoms with Crippen LogP contribution in [0.3, 0.4) is 0 Å². The van der Waals surface area contributed by atoms with Crippen LogP contribution in [0.1, 0.15) is 27.4 Å². The summed E-state index contributed by atoms with van der Waals surface area (Å²) >= 11 is 0. The molecule has 1 heterocycles. The Morgan fingerprint density at radius 3 is 2.43 bits per heavy atom. The van der Waals surface area contributed by atoms with Gasteiger partial charge in [-0.25, -0.2) is 0 Å². The molecule has 0 aliphatic carbocycles. The molecular weight excluding hydrogens is 375 g/mol. The number of alkyl halides is 3. The maximum absolute atomic E-state index is 12.9. The third-order valence-corrected chi connectivity index (χ3v) is 5.01. The van der Waals surface area contributed by atoms with Crippen LogP contribution in [0.5, 0.6) is 0 Å². The van der Waals surface area contributed by atoms with Crippen molar-refractivity contribution in [1.82, 2.24) is 4.90 Å². The SMILES string of the molecule is NC[C@@H]1CN(C(=O)c2ccc(C(F)(F)F)cc2[N+](=O)[O-])C[C@H]1c1ccccc1. The Morgan fingerprint density at radius 1 is 1.18 bits per heavy atom. The van der Waals surface area contributed by atoms with Gasteiger partial charge in [-0.3, -0.25) is 14.9 Å². The fraction of sp³-hybridized carbons (Fsp3) is 0.316. The number of amides is 1. The van der Waals surface area contributed by atoms with Crippen molar-refractivity contribution in [3.8, 4) is 0 Å². The van der Waals surface area contributed by atoms with E-state index in [4.69, 9.17) is 5.73 Å². The monoisotopic (exact) mass is 393 g/mol. The highest BCUT2D eigenvalue weighted by Crippen LogP contribution is 2.36. The van der Waals surface area contributed by atoms with Crippen molar-refractivity contribution in [2.75, 3.05) is 19.6 Å². The molecule has 3 rings (SSSR count). The summed E-state index contributed by atoms with van der Waals surface area (Å²) in [5.74, 6) is -0.749. The van der Waals surface area contributed by atoms with E-state index in [1.54, 1.807) is 0 Å². The topological polar surface area (TPSA) is 89.5 Å². The van der Waals surface area contributed by atoms with Gasteiger partial charge >= 0.3 is 6.18 Å². The number of halogens is 3. The molecule has 6 nitrogen and oxygen atoms in total. The zero-order chi connectivity index (χ0) is 20.5. The van der Waals surface area contributed by atoms with E-state index in [1.165, 1.54) is 4.90 Å². The van der Waals surface area contributed by atoms with E-state index in [2.05, 4.69) is 0 Å². The second-order valence-electron chi connectivity index (χ2n) is 6.71. The van der Waals surface area contributed by atoms with E-state index in [0.29, 0.717) is 25.2 Å². The smallest absolute Gasteiger partial charge is 0.337 e. The quantitative estimate of drug-likeness (QED) is 0.637. The summed E-state index contributed by atoms with van der Waals surface area (Å²) in [6.07, 6.45) is -4.73. The van der Waals surface area contributed by atoms with Gasteiger partial charge < -0.3 is 10.6 Å². The Bertz CT molecular complexity index is 887. The predicted octanol–water partition coefficient (Wildman–Crippen LogP) is 3.43. The maximum atomic E-state index is 12.9. The average molecular weight is 393 g/mol. The zero-order valence-electron chi connectivity index (χ0n) is 14.7. The van der Waals surface area contributed by atoms with Crippen molar-refractivity contribution in [2.45, 2.75) is 12.1 Å². The summed E-state index contributed by atoms with van der Waals surface area (Å²) in [7, 11) is 0. The minimum absolute atomic E-state index is 0.0383. The van der Waals surface area contributed by atoms with Gasteiger partial charge in [0.1, 0.15) is 5.56 Å². The molecule has 0 spiro atoms. The first kappa shape index (κ1) is 19.8. The lowest BCUT2D eigenvalue weighted by atomic mass is 9.89. The van der Waals surface area contributed by atoms with Crippen molar-refractivity contribution in [1.29, 1.82) is 0 Å². The molecule has 0 aromatic heterocycles. The summed E-state index contributed by atoms with van der Waals surface area (Å²) in [5, 5.41) is 11.3. The number of nitrogens with zero attached hydrogens (tertiary/aromatic N) is 2. The highest BCUT2D eigenvalue weighted by Gasteiger charge is 2.39. The molecule has 148 valence electrons. The van der Waals surface area contributed by atoms with Gasteiger partial charge in [-0.2, -0.15) is 13.2 Å². The highest BCUT2D eigenvalue weighted by atomic mass is 19.4. The molecule has 9 heteroatoms. The van der Waals surface area contributed by atoms with Gasteiger partial charge in [0.25, 0.3) is 11.6 Å². The first-order chi connectivity index (χ1) is 13.2. The Kier molecular flexibility index (Phi) is 5.37. The first-order valence-electron chi connectivity index (χ1n) is 8.62. The van der Waals surface area contributed by atoms with Crippen molar-refractivity contribution >= 4 is 11.6 Å². The molecule has 0 radical (unpaired) electrons. The molecule has 1 amide bonds. The number of carbonyl (C=O) groups excluding carboxylic acids is 1. The average Bonchev–Trinajstić information content (AvgIpc) is 3.11. The van der Waals surface area contributed by atoms with Crippen molar-refractivity contribution in [2.24, 2.45) is 11.7 Å². The number of rotatable bonds is 4. The van der Waals surface area contributed by atoms with E-state index in [1.807, 2.05) is 30.3 Å². The molecular formula is C19H18F3N3O3. The molecule has 2 aromatic rings. The van der Waals surface area contributed by atoms with Gasteiger partial charge in [-0.15, -0.1) is 0 Å². The highest BCUT2D eigenvalue weighted by molar-refractivity contribution is 5.98. The number of likely N-dealkylation sites (tertiary alicyclic amines) is 1. The van der Waals surface area contributed by atoms with Gasteiger partial charge in [0.05, 0.1) is 10.5 Å². The number of hydrogen-bond donors (Lipinski definition) is 1. The number of hydrogen-bond acceptors (Lipinski definition) is 4. The summed E-state index contributed by atoms with van der Waals surface area (Å²) < 4.78 is 38.6. The second kappa shape index (κ2) is 7.59. The van der Waals surface area contributed by atoms with Gasteiger partial charge in [0.15, 0.2) is 0 Å². The van der Waals surface area contributed by atoms with Crippen LogP contribution in [0.2, 0.25) is 0 Å². The number of carbonyl (C=O) groups is 1. The number of benzene rings is 2. The maximum Gasteiger partial charge on any atom is 0.416 e. The molecule has 1 saturated heterocycles. The van der Waals surface area contributed by atoms with Crippen LogP contribution in [0.15, 0.2) is 48.5 Å². The third-order valence-electron chi connectivity index (χ3n) is 5.01. The van der Waals surface area contributed by atoms with Gasteiger partial charge in [-0.05, 0) is 30.2 Å². The summed E-state index contributed by atoms with van der Waals surface area (Å²) in [6.45, 7) is 0.897. The molecule has 1 aliphatic rings. The Balaban J connectivity index is 1.91. The summed E-state index contributed by atoms with van der Waals surface area (Å²) in [4.78, 5) is 24.6. The number of nitro benzene ring substituents is 1. The van der Waals surface area contributed by atoms with Gasteiger partial charge in [0, 0.05) is 25.1 Å². The van der Waals surface area contributed by atoms with Crippen LogP contribution in [0.25, 0.3) is 0 Å². The van der Waals surface area contributed by atoms with E-state index in [-0.39, 0.29) is 23.9 Å². The van der Waals surface area contributed by atoms with E-state index < -0.39 is 28.3 Å². The summed E-state index contributed by atoms with van der Waals surface area (Å²) in [6, 6.07) is 11.4. The minimum atomic E-state index is -4.73. The van der Waals surface area contributed by atoms with Crippen molar-refractivity contribution in [3.05, 3.63) is 75.3 Å². The molecule has 0 bridgehead atoms. The van der Waals surface area contributed by atoms with Crippen LogP contribution in [0, 0.1) is 16.0 Å². The van der Waals surface area contributed by atoms with Gasteiger partial charge in [0.2, 0.25) is 0 Å². The molecule has 0 unspecified atom stereocenters. The molecule has 2 atom stereocenters. The lowest BCUT2D eigenvalue weighted by Gasteiger charge is -2.17. The lowest BCUT2D eigenvalue weighted by molar-refractivity contribution is -0.385.